The normalized spacial score (nSPS) is 19.4. The highest BCUT2D eigenvalue weighted by atomic mass is 35.5. The maximum absolute atomic E-state index is 14.0. The molecule has 8 nitrogen and oxygen atoms in total. The maximum atomic E-state index is 14.0. The number of amides is 2. The van der Waals surface area contributed by atoms with Crippen molar-refractivity contribution in [1.29, 1.82) is 0 Å². The Kier molecular flexibility index (Phi) is 7.50. The molecule has 1 aliphatic carbocycles. The van der Waals surface area contributed by atoms with E-state index in [1.807, 2.05) is 0 Å². The molecule has 1 aliphatic heterocycles. The Bertz CT molecular complexity index is 1140. The molecule has 35 heavy (non-hydrogen) atoms. The molecular weight excluding hydrogens is 482 g/mol. The SMILES string of the molecule is O=C(N[C@H]1CC[C@H](C(=O)Nc2c(F)cc(F)cc2Cl)CC1)C1=C(C(=O)Oc2ccccc2)NCN1. The zero-order valence-corrected chi connectivity index (χ0v) is 19.3. The van der Waals surface area contributed by atoms with Crippen LogP contribution in [0.3, 0.4) is 0 Å². The van der Waals surface area contributed by atoms with Crippen molar-refractivity contribution in [1.82, 2.24) is 16.0 Å². The van der Waals surface area contributed by atoms with Gasteiger partial charge in [-0.15, -0.1) is 0 Å². The molecule has 0 unspecified atom stereocenters. The van der Waals surface area contributed by atoms with Crippen LogP contribution in [0.25, 0.3) is 0 Å². The molecule has 2 aromatic rings. The predicted octanol–water partition coefficient (Wildman–Crippen LogP) is 3.20. The molecule has 4 N–H and O–H groups in total. The van der Waals surface area contributed by atoms with Gasteiger partial charge in [0, 0.05) is 18.0 Å². The zero-order valence-electron chi connectivity index (χ0n) is 18.5. The number of anilines is 1. The second-order valence-corrected chi connectivity index (χ2v) is 8.65. The Morgan fingerprint density at radius 1 is 0.971 bits per heavy atom. The van der Waals surface area contributed by atoms with Gasteiger partial charge in [0.05, 0.1) is 17.4 Å². The van der Waals surface area contributed by atoms with Crippen LogP contribution in [0.4, 0.5) is 14.5 Å². The number of benzene rings is 2. The van der Waals surface area contributed by atoms with E-state index in [2.05, 4.69) is 21.3 Å². The number of hydrogen-bond acceptors (Lipinski definition) is 6. The van der Waals surface area contributed by atoms with Crippen LogP contribution in [-0.4, -0.2) is 30.5 Å². The van der Waals surface area contributed by atoms with E-state index in [4.69, 9.17) is 16.3 Å². The van der Waals surface area contributed by atoms with Crippen molar-refractivity contribution in [3.05, 3.63) is 70.5 Å². The fourth-order valence-electron chi connectivity index (χ4n) is 4.06. The van der Waals surface area contributed by atoms with Crippen LogP contribution in [0.2, 0.25) is 5.02 Å². The summed E-state index contributed by atoms with van der Waals surface area (Å²) < 4.78 is 32.5. The molecule has 1 saturated carbocycles. The van der Waals surface area contributed by atoms with Crippen LogP contribution in [0.5, 0.6) is 5.75 Å². The van der Waals surface area contributed by atoms with E-state index in [-0.39, 0.29) is 34.8 Å². The molecule has 11 heteroatoms. The molecule has 0 saturated heterocycles. The molecule has 2 amide bonds. The summed E-state index contributed by atoms with van der Waals surface area (Å²) in [7, 11) is 0. The molecule has 0 atom stereocenters. The van der Waals surface area contributed by atoms with E-state index in [0.717, 1.165) is 6.07 Å². The topological polar surface area (TPSA) is 109 Å². The van der Waals surface area contributed by atoms with Crippen LogP contribution in [0.1, 0.15) is 25.7 Å². The molecule has 0 bridgehead atoms. The second-order valence-electron chi connectivity index (χ2n) is 8.24. The monoisotopic (exact) mass is 504 g/mol. The minimum absolute atomic E-state index is 0.0395. The summed E-state index contributed by atoms with van der Waals surface area (Å²) in [5.41, 5.74) is -0.125. The standard InChI is InChI=1S/C24H23ClF2N4O4/c25-17-10-14(26)11-18(27)19(17)31-22(32)13-6-8-15(9-7-13)30-23(33)20-21(29-12-28-20)24(34)35-16-4-2-1-3-5-16/h1-5,10-11,13,15,28-29H,6-9,12H2,(H,30,33)(H,31,32)/t13-,15-. The number of carbonyl (C=O) groups is 3. The van der Waals surface area contributed by atoms with Gasteiger partial charge in [-0.25, -0.2) is 13.6 Å². The number of esters is 1. The summed E-state index contributed by atoms with van der Waals surface area (Å²) in [6.07, 6.45) is 1.91. The van der Waals surface area contributed by atoms with Gasteiger partial charge in [0.1, 0.15) is 17.3 Å². The molecule has 184 valence electrons. The van der Waals surface area contributed by atoms with Crippen molar-refractivity contribution in [3.8, 4) is 5.75 Å². The minimum Gasteiger partial charge on any atom is -0.422 e. The van der Waals surface area contributed by atoms with Crippen molar-refractivity contribution in [2.75, 3.05) is 12.0 Å². The lowest BCUT2D eigenvalue weighted by atomic mass is 9.85. The summed E-state index contributed by atoms with van der Waals surface area (Å²) >= 11 is 5.85. The van der Waals surface area contributed by atoms with Gasteiger partial charge in [0.15, 0.2) is 11.5 Å². The summed E-state index contributed by atoms with van der Waals surface area (Å²) in [6.45, 7) is 0.206. The first-order chi connectivity index (χ1) is 16.8. The van der Waals surface area contributed by atoms with Gasteiger partial charge < -0.3 is 26.0 Å². The van der Waals surface area contributed by atoms with E-state index in [1.165, 1.54) is 0 Å². The molecule has 4 rings (SSSR count). The summed E-state index contributed by atoms with van der Waals surface area (Å²) in [4.78, 5) is 37.9. The highest BCUT2D eigenvalue weighted by Crippen LogP contribution is 2.30. The minimum atomic E-state index is -0.947. The largest absolute Gasteiger partial charge is 0.422 e. The summed E-state index contributed by atoms with van der Waals surface area (Å²) in [5.74, 6) is -3.39. The predicted molar refractivity (Wildman–Crippen MR) is 124 cm³/mol. The molecule has 2 aliphatic rings. The van der Waals surface area contributed by atoms with Gasteiger partial charge in [0.25, 0.3) is 5.91 Å². The van der Waals surface area contributed by atoms with Crippen molar-refractivity contribution in [2.24, 2.45) is 5.92 Å². The van der Waals surface area contributed by atoms with Gasteiger partial charge >= 0.3 is 5.97 Å². The van der Waals surface area contributed by atoms with Crippen LogP contribution in [0.15, 0.2) is 53.9 Å². The lowest BCUT2D eigenvalue weighted by Crippen LogP contribution is -2.42. The third-order valence-corrected chi connectivity index (χ3v) is 6.15. The Hall–Kier alpha value is -3.66. The van der Waals surface area contributed by atoms with Crippen molar-refractivity contribution < 1.29 is 27.9 Å². The van der Waals surface area contributed by atoms with E-state index in [0.29, 0.717) is 37.5 Å². The van der Waals surface area contributed by atoms with Gasteiger partial charge in [-0.3, -0.25) is 9.59 Å². The Labute approximate surface area is 205 Å². The van der Waals surface area contributed by atoms with Crippen molar-refractivity contribution in [2.45, 2.75) is 31.7 Å². The van der Waals surface area contributed by atoms with Crippen LogP contribution < -0.4 is 26.0 Å². The third-order valence-electron chi connectivity index (χ3n) is 5.85. The average molecular weight is 505 g/mol. The number of carbonyl (C=O) groups excluding carboxylic acids is 3. The highest BCUT2D eigenvalue weighted by molar-refractivity contribution is 6.33. The smallest absolute Gasteiger partial charge is 0.362 e. The highest BCUT2D eigenvalue weighted by Gasteiger charge is 2.31. The molecule has 0 spiro atoms. The molecule has 0 aromatic heterocycles. The van der Waals surface area contributed by atoms with E-state index < -0.39 is 35.3 Å². The number of para-hydroxylation sites is 1. The number of ether oxygens (including phenoxy) is 1. The van der Waals surface area contributed by atoms with Crippen molar-refractivity contribution >= 4 is 35.1 Å². The second kappa shape index (κ2) is 10.7. The first kappa shape index (κ1) is 24.5. The number of nitrogens with one attached hydrogen (secondary N) is 4. The first-order valence-corrected chi connectivity index (χ1v) is 11.4. The number of hydrogen-bond donors (Lipinski definition) is 4. The third kappa shape index (κ3) is 5.89. The fourth-order valence-corrected chi connectivity index (χ4v) is 4.30. The maximum Gasteiger partial charge on any atom is 0.362 e. The van der Waals surface area contributed by atoms with E-state index in [1.54, 1.807) is 30.3 Å². The average Bonchev–Trinajstić information content (AvgIpc) is 3.33. The Morgan fingerprint density at radius 3 is 2.34 bits per heavy atom. The molecular formula is C24H23ClF2N4O4. The van der Waals surface area contributed by atoms with Crippen LogP contribution in [0, 0.1) is 17.6 Å². The zero-order chi connectivity index (χ0) is 24.9. The Morgan fingerprint density at radius 2 is 1.66 bits per heavy atom. The van der Waals surface area contributed by atoms with E-state index >= 15 is 0 Å². The quantitative estimate of drug-likeness (QED) is 0.355. The van der Waals surface area contributed by atoms with Gasteiger partial charge in [0.2, 0.25) is 5.91 Å². The Balaban J connectivity index is 1.31. The molecule has 2 aromatic carbocycles. The lowest BCUT2D eigenvalue weighted by Gasteiger charge is -2.28. The summed E-state index contributed by atoms with van der Waals surface area (Å²) in [6, 6.07) is 9.88. The molecule has 1 fully saturated rings. The lowest BCUT2D eigenvalue weighted by molar-refractivity contribution is -0.131. The van der Waals surface area contributed by atoms with Crippen molar-refractivity contribution in [3.63, 3.8) is 0 Å². The summed E-state index contributed by atoms with van der Waals surface area (Å²) in [5, 5.41) is 10.8. The van der Waals surface area contributed by atoms with Gasteiger partial charge in [-0.05, 0) is 43.9 Å². The first-order valence-electron chi connectivity index (χ1n) is 11.1. The van der Waals surface area contributed by atoms with Crippen LogP contribution >= 0.6 is 11.6 Å². The van der Waals surface area contributed by atoms with Crippen LogP contribution in [-0.2, 0) is 14.4 Å². The number of rotatable bonds is 6. The molecule has 1 heterocycles. The van der Waals surface area contributed by atoms with Gasteiger partial charge in [-0.2, -0.15) is 0 Å². The number of halogens is 3. The molecule has 0 radical (unpaired) electrons. The van der Waals surface area contributed by atoms with Gasteiger partial charge in [-0.1, -0.05) is 29.8 Å². The van der Waals surface area contributed by atoms with E-state index in [9.17, 15) is 23.2 Å². The fraction of sp³-hybridized carbons (Fsp3) is 0.292.